The van der Waals surface area contributed by atoms with Crippen LogP contribution >= 0.6 is 0 Å². The predicted molar refractivity (Wildman–Crippen MR) is 94.9 cm³/mol. The third-order valence-electron chi connectivity index (χ3n) is 5.16. The first-order valence-corrected chi connectivity index (χ1v) is 8.86. The molecule has 5 heteroatoms. The normalized spacial score (nSPS) is 21.3. The van der Waals surface area contributed by atoms with Crippen LogP contribution < -0.4 is 14.8 Å². The summed E-state index contributed by atoms with van der Waals surface area (Å²) in [5, 5.41) is 4.62. The van der Waals surface area contributed by atoms with E-state index in [4.69, 9.17) is 14.5 Å². The van der Waals surface area contributed by atoms with Crippen LogP contribution in [0.2, 0.25) is 0 Å². The summed E-state index contributed by atoms with van der Waals surface area (Å²) in [5.74, 6) is 1.74. The molecule has 2 aromatic rings. The Balaban J connectivity index is 1.76. The summed E-state index contributed by atoms with van der Waals surface area (Å²) in [7, 11) is 1.69. The summed E-state index contributed by atoms with van der Waals surface area (Å²) >= 11 is 0. The minimum atomic E-state index is 0.563. The highest BCUT2D eigenvalue weighted by molar-refractivity contribution is 5.83. The van der Waals surface area contributed by atoms with Crippen LogP contribution in [0, 0.1) is 0 Å². The van der Waals surface area contributed by atoms with Crippen LogP contribution in [-0.2, 0) is 13.0 Å². The number of hydrogen-bond acceptors (Lipinski definition) is 5. The molecule has 0 unspecified atom stereocenters. The Hall–Kier alpha value is -1.85. The first kappa shape index (κ1) is 15.7. The number of nitrogens with one attached hydrogen (secondary N) is 1. The summed E-state index contributed by atoms with van der Waals surface area (Å²) in [6, 6.07) is 7.07. The van der Waals surface area contributed by atoms with E-state index in [0.29, 0.717) is 6.04 Å². The molecule has 1 N–H and O–H groups in total. The minimum absolute atomic E-state index is 0.563. The molecule has 2 aliphatic rings. The zero-order valence-electron chi connectivity index (χ0n) is 14.5. The van der Waals surface area contributed by atoms with Crippen LogP contribution in [0.1, 0.15) is 24.5 Å². The molecule has 128 valence electrons. The first-order valence-electron chi connectivity index (χ1n) is 8.86. The molecule has 3 heterocycles. The summed E-state index contributed by atoms with van der Waals surface area (Å²) in [6.45, 7) is 7.03. The molecule has 1 atom stereocenters. The molecule has 1 fully saturated rings. The number of piperazine rings is 1. The van der Waals surface area contributed by atoms with E-state index in [1.165, 1.54) is 5.56 Å². The molecule has 0 saturated carbocycles. The number of ether oxygens (including phenoxy) is 2. The second kappa shape index (κ2) is 6.57. The van der Waals surface area contributed by atoms with Crippen molar-refractivity contribution >= 4 is 10.9 Å². The number of aromatic nitrogens is 1. The van der Waals surface area contributed by atoms with E-state index < -0.39 is 0 Å². The van der Waals surface area contributed by atoms with E-state index in [0.717, 1.165) is 73.7 Å². The Kier molecular flexibility index (Phi) is 4.29. The Morgan fingerprint density at radius 1 is 1.38 bits per heavy atom. The Morgan fingerprint density at radius 3 is 3.12 bits per heavy atom. The third kappa shape index (κ3) is 2.82. The van der Waals surface area contributed by atoms with Crippen molar-refractivity contribution in [3.63, 3.8) is 0 Å². The number of methoxy groups -OCH3 is 1. The maximum atomic E-state index is 6.10. The van der Waals surface area contributed by atoms with Gasteiger partial charge in [-0.25, -0.2) is 4.98 Å². The predicted octanol–water partition coefficient (Wildman–Crippen LogP) is 2.36. The summed E-state index contributed by atoms with van der Waals surface area (Å²) in [4.78, 5) is 7.29. The van der Waals surface area contributed by atoms with Crippen LogP contribution in [0.3, 0.4) is 0 Å². The fourth-order valence-electron chi connectivity index (χ4n) is 3.78. The van der Waals surface area contributed by atoms with Gasteiger partial charge in [0.15, 0.2) is 0 Å². The summed E-state index contributed by atoms with van der Waals surface area (Å²) < 4.78 is 11.6. The van der Waals surface area contributed by atoms with Gasteiger partial charge in [0.1, 0.15) is 5.75 Å². The van der Waals surface area contributed by atoms with Gasteiger partial charge >= 0.3 is 0 Å². The molecule has 0 radical (unpaired) electrons. The van der Waals surface area contributed by atoms with Crippen molar-refractivity contribution in [2.45, 2.75) is 32.4 Å². The van der Waals surface area contributed by atoms with Crippen molar-refractivity contribution in [2.75, 3.05) is 33.4 Å². The van der Waals surface area contributed by atoms with Crippen LogP contribution in [0.25, 0.3) is 10.9 Å². The number of hydrogen-bond donors (Lipinski definition) is 1. The van der Waals surface area contributed by atoms with E-state index in [2.05, 4.69) is 35.3 Å². The highest BCUT2D eigenvalue weighted by Crippen LogP contribution is 2.32. The quantitative estimate of drug-likeness (QED) is 0.917. The standard InChI is InChI=1S/C19H25N3O2/c1-3-13-8-14-10-18-15(9-17(14)21-19(13)23-2)12-22-6-5-20-11-16(22)4-7-24-18/h8-10,16,20H,3-7,11-12H2,1-2H3/t16-/m0/s1. The van der Waals surface area contributed by atoms with Crippen molar-refractivity contribution < 1.29 is 9.47 Å². The van der Waals surface area contributed by atoms with Crippen LogP contribution in [0.5, 0.6) is 11.6 Å². The number of aryl methyl sites for hydroxylation is 1. The molecule has 0 spiro atoms. The second-order valence-electron chi connectivity index (χ2n) is 6.63. The SMILES string of the molecule is CCc1cc2cc3c(cc2nc1OC)CN1CCNC[C@@H]1CCO3. The van der Waals surface area contributed by atoms with E-state index >= 15 is 0 Å². The first-order chi connectivity index (χ1) is 11.8. The molecular weight excluding hydrogens is 302 g/mol. The van der Waals surface area contributed by atoms with Crippen molar-refractivity contribution in [1.29, 1.82) is 0 Å². The smallest absolute Gasteiger partial charge is 0.216 e. The Labute approximate surface area is 143 Å². The fourth-order valence-corrected chi connectivity index (χ4v) is 3.78. The monoisotopic (exact) mass is 327 g/mol. The lowest BCUT2D eigenvalue weighted by Gasteiger charge is -2.38. The maximum absolute atomic E-state index is 6.10. The molecular formula is C19H25N3O2. The lowest BCUT2D eigenvalue weighted by Crippen LogP contribution is -2.51. The molecule has 2 aliphatic heterocycles. The largest absolute Gasteiger partial charge is 0.493 e. The van der Waals surface area contributed by atoms with Gasteiger partial charge < -0.3 is 14.8 Å². The highest BCUT2D eigenvalue weighted by Gasteiger charge is 2.25. The van der Waals surface area contributed by atoms with Gasteiger partial charge in [-0.05, 0) is 31.0 Å². The van der Waals surface area contributed by atoms with E-state index in [9.17, 15) is 0 Å². The molecule has 1 aromatic heterocycles. The molecule has 1 aromatic carbocycles. The average Bonchev–Trinajstić information content (AvgIpc) is 2.60. The third-order valence-corrected chi connectivity index (χ3v) is 5.16. The van der Waals surface area contributed by atoms with Crippen molar-refractivity contribution in [3.05, 3.63) is 29.3 Å². The summed E-state index contributed by atoms with van der Waals surface area (Å²) in [6.07, 6.45) is 1.98. The highest BCUT2D eigenvalue weighted by atomic mass is 16.5. The maximum Gasteiger partial charge on any atom is 0.216 e. The molecule has 1 saturated heterocycles. The van der Waals surface area contributed by atoms with Crippen LogP contribution in [0.15, 0.2) is 18.2 Å². The lowest BCUT2D eigenvalue weighted by molar-refractivity contribution is 0.115. The van der Waals surface area contributed by atoms with Crippen molar-refractivity contribution in [3.8, 4) is 11.6 Å². The molecule has 0 aliphatic carbocycles. The van der Waals surface area contributed by atoms with Gasteiger partial charge in [0.2, 0.25) is 5.88 Å². The van der Waals surface area contributed by atoms with Gasteiger partial charge in [-0.2, -0.15) is 0 Å². The van der Waals surface area contributed by atoms with Crippen LogP contribution in [-0.4, -0.2) is 49.3 Å². The number of nitrogens with zero attached hydrogens (tertiary/aromatic N) is 2. The zero-order chi connectivity index (χ0) is 16.5. The van der Waals surface area contributed by atoms with Gasteiger partial charge in [0, 0.05) is 48.7 Å². The zero-order valence-corrected chi connectivity index (χ0v) is 14.5. The average molecular weight is 327 g/mol. The van der Waals surface area contributed by atoms with Gasteiger partial charge in [-0.1, -0.05) is 6.92 Å². The van der Waals surface area contributed by atoms with E-state index in [1.54, 1.807) is 7.11 Å². The summed E-state index contributed by atoms with van der Waals surface area (Å²) in [5.41, 5.74) is 3.35. The molecule has 5 nitrogen and oxygen atoms in total. The van der Waals surface area contributed by atoms with Crippen molar-refractivity contribution in [1.82, 2.24) is 15.2 Å². The molecule has 4 rings (SSSR count). The number of benzene rings is 1. The van der Waals surface area contributed by atoms with E-state index in [-0.39, 0.29) is 0 Å². The fraction of sp³-hybridized carbons (Fsp3) is 0.526. The molecule has 0 amide bonds. The second-order valence-corrected chi connectivity index (χ2v) is 6.63. The number of pyridine rings is 1. The number of fused-ring (bicyclic) bond motifs is 3. The van der Waals surface area contributed by atoms with Crippen LogP contribution in [0.4, 0.5) is 0 Å². The lowest BCUT2D eigenvalue weighted by atomic mass is 10.0. The Morgan fingerprint density at radius 2 is 2.29 bits per heavy atom. The van der Waals surface area contributed by atoms with Gasteiger partial charge in [0.25, 0.3) is 0 Å². The van der Waals surface area contributed by atoms with Gasteiger partial charge in [-0.3, -0.25) is 4.90 Å². The topological polar surface area (TPSA) is 46.6 Å². The number of rotatable bonds is 2. The van der Waals surface area contributed by atoms with E-state index in [1.807, 2.05) is 0 Å². The van der Waals surface area contributed by atoms with Gasteiger partial charge in [0.05, 0.1) is 19.2 Å². The minimum Gasteiger partial charge on any atom is -0.493 e. The Bertz CT molecular complexity index is 747. The molecule has 0 bridgehead atoms. The van der Waals surface area contributed by atoms with Crippen molar-refractivity contribution in [2.24, 2.45) is 0 Å². The molecule has 24 heavy (non-hydrogen) atoms. The van der Waals surface area contributed by atoms with Gasteiger partial charge in [-0.15, -0.1) is 0 Å².